The number of carbonyl (C=O) groups excluding carboxylic acids is 2. The minimum Gasteiger partial charge on any atom is -0.356 e. The Morgan fingerprint density at radius 1 is 1.55 bits per heavy atom. The number of nitrogens with one attached hydrogen (secondary N) is 2. The first-order valence-electron chi connectivity index (χ1n) is 3.31. The van der Waals surface area contributed by atoms with E-state index in [0.29, 0.717) is 6.54 Å². The molecule has 2 amide bonds. The fraction of sp³-hybridized carbons (Fsp3) is 0.429. The van der Waals surface area contributed by atoms with Crippen molar-refractivity contribution in [3.8, 4) is 0 Å². The van der Waals surface area contributed by atoms with Crippen molar-refractivity contribution in [1.29, 1.82) is 0 Å². The van der Waals surface area contributed by atoms with Gasteiger partial charge in [0.25, 0.3) is 0 Å². The molecule has 11 heavy (non-hydrogen) atoms. The van der Waals surface area contributed by atoms with Crippen molar-refractivity contribution in [2.75, 3.05) is 6.54 Å². The minimum atomic E-state index is -0.145. The highest BCUT2D eigenvalue weighted by molar-refractivity contribution is 5.78. The van der Waals surface area contributed by atoms with E-state index in [4.69, 9.17) is 0 Å². The molecule has 0 saturated heterocycles. The Balaban J connectivity index is 3.31. The first-order chi connectivity index (χ1) is 5.16. The second-order valence-electron chi connectivity index (χ2n) is 2.00. The summed E-state index contributed by atoms with van der Waals surface area (Å²) in [5, 5.41) is 4.89. The van der Waals surface area contributed by atoms with Crippen LogP contribution in [0.1, 0.15) is 13.3 Å². The zero-order valence-corrected chi connectivity index (χ0v) is 6.52. The van der Waals surface area contributed by atoms with Gasteiger partial charge in [0.15, 0.2) is 0 Å². The maximum Gasteiger partial charge on any atom is 0.225 e. The molecule has 0 aliphatic rings. The van der Waals surface area contributed by atoms with E-state index in [2.05, 4.69) is 17.2 Å². The molecule has 0 radical (unpaired) electrons. The summed E-state index contributed by atoms with van der Waals surface area (Å²) in [6.45, 7) is 5.10. The lowest BCUT2D eigenvalue weighted by Crippen LogP contribution is -2.26. The van der Waals surface area contributed by atoms with E-state index in [-0.39, 0.29) is 18.2 Å². The molecule has 2 N–H and O–H groups in total. The van der Waals surface area contributed by atoms with Crippen LogP contribution in [0.15, 0.2) is 12.8 Å². The fourth-order valence-electron chi connectivity index (χ4n) is 0.538. The normalized spacial score (nSPS) is 8.45. The molecule has 0 fully saturated rings. The van der Waals surface area contributed by atoms with Crippen LogP contribution in [0.3, 0.4) is 0 Å². The van der Waals surface area contributed by atoms with Crippen molar-refractivity contribution in [1.82, 2.24) is 10.6 Å². The number of carbonyl (C=O) groups is 2. The van der Waals surface area contributed by atoms with Crippen LogP contribution < -0.4 is 10.6 Å². The molecule has 0 aliphatic carbocycles. The van der Waals surface area contributed by atoms with Crippen LogP contribution in [-0.4, -0.2) is 18.4 Å². The summed E-state index contributed by atoms with van der Waals surface area (Å²) in [5.74, 6) is -0.273. The van der Waals surface area contributed by atoms with Gasteiger partial charge in [-0.25, -0.2) is 0 Å². The molecule has 4 heteroatoms. The summed E-state index contributed by atoms with van der Waals surface area (Å²) in [4.78, 5) is 21.0. The summed E-state index contributed by atoms with van der Waals surface area (Å²) in [5.41, 5.74) is 0. The molecule has 0 bridgehead atoms. The molecule has 4 nitrogen and oxygen atoms in total. The van der Waals surface area contributed by atoms with Crippen LogP contribution in [0.2, 0.25) is 0 Å². The Labute approximate surface area is 65.7 Å². The van der Waals surface area contributed by atoms with Crippen molar-refractivity contribution in [3.05, 3.63) is 12.8 Å². The summed E-state index contributed by atoms with van der Waals surface area (Å²) >= 11 is 0. The van der Waals surface area contributed by atoms with Crippen LogP contribution in [0.25, 0.3) is 0 Å². The minimum absolute atomic E-state index is 0.128. The predicted molar refractivity (Wildman–Crippen MR) is 41.6 cm³/mol. The van der Waals surface area contributed by atoms with Crippen molar-refractivity contribution in [3.63, 3.8) is 0 Å². The van der Waals surface area contributed by atoms with Crippen LogP contribution in [0.4, 0.5) is 0 Å². The Bertz CT molecular complexity index is 166. The van der Waals surface area contributed by atoms with Crippen molar-refractivity contribution in [2.24, 2.45) is 0 Å². The molecule has 0 aromatic rings. The summed E-state index contributed by atoms with van der Waals surface area (Å²) in [6.07, 6.45) is 1.60. The van der Waals surface area contributed by atoms with Gasteiger partial charge in [-0.15, -0.1) is 0 Å². The lowest BCUT2D eigenvalue weighted by molar-refractivity contribution is -0.120. The predicted octanol–water partition coefficient (Wildman–Crippen LogP) is -0.228. The maximum atomic E-state index is 10.7. The van der Waals surface area contributed by atoms with Gasteiger partial charge in [-0.05, 0) is 6.20 Å². The molecule has 0 aliphatic heterocycles. The van der Waals surface area contributed by atoms with Crippen molar-refractivity contribution >= 4 is 11.8 Å². The molecule has 0 unspecified atom stereocenters. The highest BCUT2D eigenvalue weighted by Crippen LogP contribution is 1.76. The molecule has 0 aromatic heterocycles. The zero-order valence-electron chi connectivity index (χ0n) is 6.52. The summed E-state index contributed by atoms with van der Waals surface area (Å²) in [6, 6.07) is 0. The van der Waals surface area contributed by atoms with Gasteiger partial charge in [0, 0.05) is 19.9 Å². The third-order valence-corrected chi connectivity index (χ3v) is 0.989. The summed E-state index contributed by atoms with van der Waals surface area (Å²) < 4.78 is 0. The second kappa shape index (κ2) is 5.46. The average molecular weight is 156 g/mol. The maximum absolute atomic E-state index is 10.7. The average Bonchev–Trinajstić information content (AvgIpc) is 1.87. The molecule has 0 rings (SSSR count). The van der Waals surface area contributed by atoms with Crippen molar-refractivity contribution < 1.29 is 9.59 Å². The van der Waals surface area contributed by atoms with Gasteiger partial charge in [-0.3, -0.25) is 9.59 Å². The molecule has 0 saturated carbocycles. The van der Waals surface area contributed by atoms with Crippen LogP contribution >= 0.6 is 0 Å². The number of hydrogen-bond donors (Lipinski definition) is 2. The van der Waals surface area contributed by atoms with E-state index >= 15 is 0 Å². The molecule has 0 aromatic carbocycles. The first-order valence-corrected chi connectivity index (χ1v) is 3.31. The number of rotatable bonds is 4. The lowest BCUT2D eigenvalue weighted by Gasteiger charge is -1.99. The lowest BCUT2D eigenvalue weighted by atomic mass is 10.4. The Morgan fingerprint density at radius 3 is 2.64 bits per heavy atom. The quantitative estimate of drug-likeness (QED) is 0.590. The number of hydrogen-bond acceptors (Lipinski definition) is 2. The third-order valence-electron chi connectivity index (χ3n) is 0.989. The Kier molecular flexibility index (Phi) is 4.81. The second-order valence-corrected chi connectivity index (χ2v) is 2.00. The van der Waals surface area contributed by atoms with Gasteiger partial charge in [0.2, 0.25) is 11.8 Å². The zero-order chi connectivity index (χ0) is 8.69. The highest BCUT2D eigenvalue weighted by atomic mass is 16.2. The third kappa shape index (κ3) is 6.57. The van der Waals surface area contributed by atoms with Gasteiger partial charge >= 0.3 is 0 Å². The first kappa shape index (κ1) is 9.68. The van der Waals surface area contributed by atoms with Crippen LogP contribution in [0, 0.1) is 0 Å². The van der Waals surface area contributed by atoms with Gasteiger partial charge in [-0.2, -0.15) is 0 Å². The van der Waals surface area contributed by atoms with Gasteiger partial charge in [0.1, 0.15) is 0 Å². The molecule has 0 spiro atoms. The van der Waals surface area contributed by atoms with E-state index < -0.39 is 0 Å². The van der Waals surface area contributed by atoms with Gasteiger partial charge in [-0.1, -0.05) is 6.58 Å². The van der Waals surface area contributed by atoms with Crippen LogP contribution in [-0.2, 0) is 9.59 Å². The Morgan fingerprint density at radius 2 is 2.18 bits per heavy atom. The van der Waals surface area contributed by atoms with E-state index in [1.807, 2.05) is 0 Å². The van der Waals surface area contributed by atoms with E-state index in [0.717, 1.165) is 0 Å². The molecule has 62 valence electrons. The van der Waals surface area contributed by atoms with Gasteiger partial charge < -0.3 is 10.6 Å². The van der Waals surface area contributed by atoms with E-state index in [1.54, 1.807) is 0 Å². The SMILES string of the molecule is C=CNC(=O)CCNC(C)=O. The molecular weight excluding hydrogens is 144 g/mol. The van der Waals surface area contributed by atoms with Gasteiger partial charge in [0.05, 0.1) is 0 Å². The van der Waals surface area contributed by atoms with Crippen LogP contribution in [0.5, 0.6) is 0 Å². The number of amides is 2. The molecular formula is C7H12N2O2. The molecule has 0 heterocycles. The monoisotopic (exact) mass is 156 g/mol. The van der Waals surface area contributed by atoms with E-state index in [1.165, 1.54) is 13.1 Å². The summed E-state index contributed by atoms with van der Waals surface area (Å²) in [7, 11) is 0. The smallest absolute Gasteiger partial charge is 0.225 e. The van der Waals surface area contributed by atoms with E-state index in [9.17, 15) is 9.59 Å². The highest BCUT2D eigenvalue weighted by Gasteiger charge is 1.97. The largest absolute Gasteiger partial charge is 0.356 e. The Hall–Kier alpha value is -1.32. The molecule has 0 atom stereocenters. The van der Waals surface area contributed by atoms with Crippen molar-refractivity contribution in [2.45, 2.75) is 13.3 Å². The standard InChI is InChI=1S/C7H12N2O2/c1-3-8-7(11)4-5-9-6(2)10/h3H,1,4-5H2,2H3,(H,8,11)(H,9,10). The topological polar surface area (TPSA) is 58.2 Å². The fourth-order valence-corrected chi connectivity index (χ4v) is 0.538.